The van der Waals surface area contributed by atoms with Crippen molar-refractivity contribution in [1.29, 1.82) is 0 Å². The smallest absolute Gasteiger partial charge is 0.359 e. The zero-order valence-corrected chi connectivity index (χ0v) is 13.5. The lowest BCUT2D eigenvalue weighted by Gasteiger charge is -2.17. The van der Waals surface area contributed by atoms with Crippen LogP contribution in [0.1, 0.15) is 16.1 Å². The standard InChI is InChI=1S/C16H12Cl2N2O3/c17-11-5-6-13(18)19-15(11)16(22)23-9-14(21)20-8-7-10-3-1-2-4-12(10)20/h1-6H,7-9H2. The van der Waals surface area contributed by atoms with E-state index in [9.17, 15) is 9.59 Å². The van der Waals surface area contributed by atoms with Gasteiger partial charge in [0.15, 0.2) is 12.3 Å². The third kappa shape index (κ3) is 3.30. The molecule has 0 unspecified atom stereocenters. The number of benzene rings is 1. The SMILES string of the molecule is O=C(OCC(=O)N1CCc2ccccc21)c1nc(Cl)ccc1Cl. The molecule has 1 amide bonds. The van der Waals surface area contributed by atoms with E-state index < -0.39 is 5.97 Å². The van der Waals surface area contributed by atoms with Crippen LogP contribution in [0.4, 0.5) is 5.69 Å². The Bertz CT molecular complexity index is 780. The van der Waals surface area contributed by atoms with Crippen LogP contribution < -0.4 is 4.90 Å². The Balaban J connectivity index is 1.66. The van der Waals surface area contributed by atoms with Crippen LogP contribution in [0.25, 0.3) is 0 Å². The molecule has 0 radical (unpaired) electrons. The Hall–Kier alpha value is -2.11. The number of fused-ring (bicyclic) bond motifs is 1. The number of amides is 1. The summed E-state index contributed by atoms with van der Waals surface area (Å²) in [5, 5.41) is 0.250. The molecule has 0 spiro atoms. The van der Waals surface area contributed by atoms with Crippen LogP contribution in [0.5, 0.6) is 0 Å². The summed E-state index contributed by atoms with van der Waals surface area (Å²) >= 11 is 11.6. The minimum atomic E-state index is -0.779. The van der Waals surface area contributed by atoms with Crippen molar-refractivity contribution in [3.05, 3.63) is 57.8 Å². The summed E-state index contributed by atoms with van der Waals surface area (Å²) in [4.78, 5) is 29.7. The summed E-state index contributed by atoms with van der Waals surface area (Å²) < 4.78 is 5.02. The fraction of sp³-hybridized carbons (Fsp3) is 0.188. The minimum absolute atomic E-state index is 0.103. The van der Waals surface area contributed by atoms with E-state index in [0.717, 1.165) is 17.7 Å². The number of pyridine rings is 1. The van der Waals surface area contributed by atoms with E-state index >= 15 is 0 Å². The van der Waals surface area contributed by atoms with Crippen molar-refractivity contribution < 1.29 is 14.3 Å². The number of aromatic nitrogens is 1. The summed E-state index contributed by atoms with van der Waals surface area (Å²) in [5.74, 6) is -1.07. The van der Waals surface area contributed by atoms with Crippen molar-refractivity contribution in [1.82, 2.24) is 4.98 Å². The molecule has 23 heavy (non-hydrogen) atoms. The lowest BCUT2D eigenvalue weighted by Crippen LogP contribution is -2.33. The number of carbonyl (C=O) groups is 2. The van der Waals surface area contributed by atoms with E-state index in [1.807, 2.05) is 24.3 Å². The van der Waals surface area contributed by atoms with Gasteiger partial charge in [-0.15, -0.1) is 0 Å². The predicted octanol–water partition coefficient (Wildman–Crippen LogP) is 3.13. The van der Waals surface area contributed by atoms with Crippen LogP contribution in [0.15, 0.2) is 36.4 Å². The number of carbonyl (C=O) groups excluding carboxylic acids is 2. The average Bonchev–Trinajstić information content (AvgIpc) is 2.98. The highest BCUT2D eigenvalue weighted by molar-refractivity contribution is 6.34. The van der Waals surface area contributed by atoms with Crippen LogP contribution in [-0.4, -0.2) is 30.0 Å². The van der Waals surface area contributed by atoms with Crippen molar-refractivity contribution in [3.63, 3.8) is 0 Å². The molecule has 1 aromatic heterocycles. The highest BCUT2D eigenvalue weighted by atomic mass is 35.5. The van der Waals surface area contributed by atoms with Gasteiger partial charge in [0.05, 0.1) is 5.02 Å². The second-order valence-electron chi connectivity index (χ2n) is 4.96. The maximum Gasteiger partial charge on any atom is 0.359 e. The van der Waals surface area contributed by atoms with Gasteiger partial charge in [-0.05, 0) is 30.2 Å². The van der Waals surface area contributed by atoms with Gasteiger partial charge < -0.3 is 9.64 Å². The molecule has 0 aliphatic carbocycles. The number of anilines is 1. The van der Waals surface area contributed by atoms with Crippen LogP contribution in [0, 0.1) is 0 Å². The average molecular weight is 351 g/mol. The molecule has 3 rings (SSSR count). The number of hydrogen-bond donors (Lipinski definition) is 0. The van der Waals surface area contributed by atoms with Crippen LogP contribution >= 0.6 is 23.2 Å². The molecule has 118 valence electrons. The number of ether oxygens (including phenoxy) is 1. The molecule has 5 nitrogen and oxygen atoms in total. The molecule has 1 aromatic carbocycles. The molecule has 0 atom stereocenters. The first-order chi connectivity index (χ1) is 11.1. The van der Waals surface area contributed by atoms with Crippen molar-refractivity contribution >= 4 is 40.8 Å². The molecule has 2 heterocycles. The van der Waals surface area contributed by atoms with Gasteiger partial charge in [0.25, 0.3) is 5.91 Å². The Morgan fingerprint density at radius 1 is 1.17 bits per heavy atom. The molecule has 1 aliphatic heterocycles. The van der Waals surface area contributed by atoms with Crippen LogP contribution in [-0.2, 0) is 16.0 Å². The van der Waals surface area contributed by atoms with Crippen molar-refractivity contribution in [3.8, 4) is 0 Å². The first kappa shape index (κ1) is 15.8. The second-order valence-corrected chi connectivity index (χ2v) is 5.76. The molecule has 7 heteroatoms. The van der Waals surface area contributed by atoms with Gasteiger partial charge in [-0.1, -0.05) is 41.4 Å². The Morgan fingerprint density at radius 3 is 2.78 bits per heavy atom. The van der Waals surface area contributed by atoms with Crippen LogP contribution in [0.2, 0.25) is 10.2 Å². The van der Waals surface area contributed by atoms with Gasteiger partial charge in [0.2, 0.25) is 0 Å². The summed E-state index contributed by atoms with van der Waals surface area (Å²) in [7, 11) is 0. The van der Waals surface area contributed by atoms with E-state index in [1.54, 1.807) is 4.90 Å². The first-order valence-electron chi connectivity index (χ1n) is 6.93. The number of halogens is 2. The summed E-state index contributed by atoms with van der Waals surface area (Å²) in [6.07, 6.45) is 0.789. The zero-order chi connectivity index (χ0) is 16.4. The van der Waals surface area contributed by atoms with Gasteiger partial charge in [-0.25, -0.2) is 9.78 Å². The normalized spacial score (nSPS) is 12.9. The van der Waals surface area contributed by atoms with E-state index in [-0.39, 0.29) is 28.4 Å². The van der Waals surface area contributed by atoms with Gasteiger partial charge >= 0.3 is 5.97 Å². The molecular formula is C16H12Cl2N2O3. The highest BCUT2D eigenvalue weighted by Crippen LogP contribution is 2.27. The summed E-state index contributed by atoms with van der Waals surface area (Å²) in [6.45, 7) is 0.198. The molecule has 0 fully saturated rings. The van der Waals surface area contributed by atoms with E-state index in [4.69, 9.17) is 27.9 Å². The third-order valence-corrected chi connectivity index (χ3v) is 4.04. The maximum atomic E-state index is 12.3. The minimum Gasteiger partial charge on any atom is -0.451 e. The topological polar surface area (TPSA) is 59.5 Å². The Morgan fingerprint density at radius 2 is 1.96 bits per heavy atom. The van der Waals surface area contributed by atoms with E-state index in [1.165, 1.54) is 12.1 Å². The van der Waals surface area contributed by atoms with Crippen molar-refractivity contribution in [2.24, 2.45) is 0 Å². The highest BCUT2D eigenvalue weighted by Gasteiger charge is 2.25. The van der Waals surface area contributed by atoms with Gasteiger partial charge in [-0.2, -0.15) is 0 Å². The Labute approximate surface area is 142 Å². The first-order valence-corrected chi connectivity index (χ1v) is 7.69. The summed E-state index contributed by atoms with van der Waals surface area (Å²) in [5.41, 5.74) is 1.85. The van der Waals surface area contributed by atoms with Crippen molar-refractivity contribution in [2.75, 3.05) is 18.1 Å². The molecule has 0 saturated carbocycles. The summed E-state index contributed by atoms with van der Waals surface area (Å²) in [6, 6.07) is 10.6. The molecular weight excluding hydrogens is 339 g/mol. The van der Waals surface area contributed by atoms with E-state index in [0.29, 0.717) is 6.54 Å². The van der Waals surface area contributed by atoms with Crippen LogP contribution in [0.3, 0.4) is 0 Å². The third-order valence-electron chi connectivity index (χ3n) is 3.52. The fourth-order valence-corrected chi connectivity index (χ4v) is 2.76. The Kier molecular flexibility index (Phi) is 4.50. The quantitative estimate of drug-likeness (QED) is 0.630. The lowest BCUT2D eigenvalue weighted by atomic mass is 10.2. The molecule has 1 aliphatic rings. The van der Waals surface area contributed by atoms with E-state index in [2.05, 4.69) is 4.98 Å². The number of para-hydroxylation sites is 1. The maximum absolute atomic E-state index is 12.3. The van der Waals surface area contributed by atoms with Gasteiger partial charge in [0, 0.05) is 12.2 Å². The molecule has 2 aromatic rings. The monoisotopic (exact) mass is 350 g/mol. The second kappa shape index (κ2) is 6.56. The molecule has 0 saturated heterocycles. The van der Waals surface area contributed by atoms with Gasteiger partial charge in [0.1, 0.15) is 5.15 Å². The largest absolute Gasteiger partial charge is 0.451 e. The number of rotatable bonds is 3. The number of nitrogens with zero attached hydrogens (tertiary/aromatic N) is 2. The number of esters is 1. The number of hydrogen-bond acceptors (Lipinski definition) is 4. The lowest BCUT2D eigenvalue weighted by molar-refractivity contribution is -0.121. The predicted molar refractivity (Wildman–Crippen MR) is 87.0 cm³/mol. The molecule has 0 N–H and O–H groups in total. The van der Waals surface area contributed by atoms with Gasteiger partial charge in [-0.3, -0.25) is 4.79 Å². The zero-order valence-electron chi connectivity index (χ0n) is 12.0. The van der Waals surface area contributed by atoms with Crippen molar-refractivity contribution in [2.45, 2.75) is 6.42 Å². The fourth-order valence-electron chi connectivity index (χ4n) is 2.43. The molecule has 0 bridgehead atoms.